The number of rotatable bonds is 0. The monoisotopic (exact) mass is 171 g/mol. The summed E-state index contributed by atoms with van der Waals surface area (Å²) in [6.45, 7) is 1.81. The number of hydrogen-bond acceptors (Lipinski definition) is 2. The Morgan fingerprint density at radius 2 is 2.08 bits per heavy atom. The van der Waals surface area contributed by atoms with Gasteiger partial charge in [0.1, 0.15) is 0 Å². The van der Waals surface area contributed by atoms with Crippen LogP contribution in [0, 0.1) is 6.92 Å². The van der Waals surface area contributed by atoms with Crippen molar-refractivity contribution in [3.05, 3.63) is 52.3 Å². The van der Waals surface area contributed by atoms with E-state index in [-0.39, 0.29) is 5.43 Å². The fourth-order valence-electron chi connectivity index (χ4n) is 1.28. The van der Waals surface area contributed by atoms with Crippen molar-refractivity contribution in [2.45, 2.75) is 6.92 Å². The van der Waals surface area contributed by atoms with E-state index in [1.165, 1.54) is 0 Å². The lowest BCUT2D eigenvalue weighted by Crippen LogP contribution is -1.96. The van der Waals surface area contributed by atoms with Gasteiger partial charge in [0.25, 0.3) is 0 Å². The lowest BCUT2D eigenvalue weighted by molar-refractivity contribution is 1.42. The predicted molar refractivity (Wildman–Crippen MR) is 52.8 cm³/mol. The van der Waals surface area contributed by atoms with E-state index in [4.69, 9.17) is 0 Å². The Morgan fingerprint density at radius 1 is 1.23 bits per heavy atom. The molecule has 0 aliphatic heterocycles. The van der Waals surface area contributed by atoms with Gasteiger partial charge in [-0.2, -0.15) is 0 Å². The topological polar surface area (TPSA) is 30.0 Å². The van der Waals surface area contributed by atoms with Crippen molar-refractivity contribution in [2.24, 2.45) is 0 Å². The highest BCUT2D eigenvalue weighted by Crippen LogP contribution is 2.07. The second-order valence-electron chi connectivity index (χ2n) is 3.00. The van der Waals surface area contributed by atoms with E-state index in [0.717, 1.165) is 16.5 Å². The summed E-state index contributed by atoms with van der Waals surface area (Å²) >= 11 is 0. The molecule has 0 unspecified atom stereocenters. The molecule has 13 heavy (non-hydrogen) atoms. The van der Waals surface area contributed by atoms with Crippen LogP contribution in [0.5, 0.6) is 0 Å². The summed E-state index contributed by atoms with van der Waals surface area (Å²) < 4.78 is 0. The van der Waals surface area contributed by atoms with Gasteiger partial charge >= 0.3 is 0 Å². The van der Waals surface area contributed by atoms with Crippen LogP contribution < -0.4 is 5.43 Å². The average Bonchev–Trinajstić information content (AvgIpc) is 2.28. The minimum absolute atomic E-state index is 0.0537. The van der Waals surface area contributed by atoms with Crippen molar-refractivity contribution >= 4 is 10.9 Å². The van der Waals surface area contributed by atoms with Crippen LogP contribution in [0.4, 0.5) is 0 Å². The van der Waals surface area contributed by atoms with Crippen molar-refractivity contribution in [3.8, 4) is 0 Å². The van der Waals surface area contributed by atoms with Crippen LogP contribution in [-0.4, -0.2) is 4.98 Å². The smallest absolute Gasteiger partial charge is 0.181 e. The van der Waals surface area contributed by atoms with Gasteiger partial charge in [-0.25, -0.2) is 0 Å². The van der Waals surface area contributed by atoms with E-state index in [1.807, 2.05) is 25.1 Å². The minimum atomic E-state index is 0.0537. The molecule has 2 heteroatoms. The number of aromatic nitrogens is 1. The summed E-state index contributed by atoms with van der Waals surface area (Å²) in [6, 6.07) is 9.00. The Morgan fingerprint density at radius 3 is 2.92 bits per heavy atom. The van der Waals surface area contributed by atoms with E-state index in [0.29, 0.717) is 0 Å². The first-order valence-corrected chi connectivity index (χ1v) is 4.13. The molecular weight excluding hydrogens is 162 g/mol. The lowest BCUT2D eigenvalue weighted by atomic mass is 10.2. The second kappa shape index (κ2) is 2.98. The zero-order chi connectivity index (χ0) is 9.26. The van der Waals surface area contributed by atoms with Crippen LogP contribution in [0.2, 0.25) is 0 Å². The van der Waals surface area contributed by atoms with Crippen molar-refractivity contribution in [1.82, 2.24) is 4.98 Å². The maximum Gasteiger partial charge on any atom is 0.181 e. The number of hydrogen-bond donors (Lipinski definition) is 0. The maximum atomic E-state index is 11.3. The highest BCUT2D eigenvalue weighted by molar-refractivity contribution is 5.77. The molecule has 0 atom stereocenters. The van der Waals surface area contributed by atoms with Crippen molar-refractivity contribution in [1.29, 1.82) is 0 Å². The molecular formula is C11H9NO. The fourth-order valence-corrected chi connectivity index (χ4v) is 1.28. The predicted octanol–water partition coefficient (Wildman–Crippen LogP) is 1.90. The second-order valence-corrected chi connectivity index (χ2v) is 3.00. The summed E-state index contributed by atoms with van der Waals surface area (Å²) in [5.41, 5.74) is 1.66. The first kappa shape index (κ1) is 7.92. The summed E-state index contributed by atoms with van der Waals surface area (Å²) in [6.07, 6.45) is 1.72. The van der Waals surface area contributed by atoms with Gasteiger partial charge in [0.05, 0.1) is 5.52 Å². The molecule has 0 N–H and O–H groups in total. The highest BCUT2D eigenvalue weighted by atomic mass is 16.1. The van der Waals surface area contributed by atoms with Gasteiger partial charge in [0.2, 0.25) is 0 Å². The molecule has 2 rings (SSSR count). The first-order valence-electron chi connectivity index (χ1n) is 4.13. The van der Waals surface area contributed by atoms with Crippen LogP contribution in [0.1, 0.15) is 5.56 Å². The van der Waals surface area contributed by atoms with Crippen LogP contribution >= 0.6 is 0 Å². The van der Waals surface area contributed by atoms with Crippen LogP contribution in [0.15, 0.2) is 41.3 Å². The zero-order valence-electron chi connectivity index (χ0n) is 7.32. The first-order chi connectivity index (χ1) is 6.27. The van der Waals surface area contributed by atoms with Crippen LogP contribution in [0.25, 0.3) is 10.9 Å². The Hall–Kier alpha value is -1.70. The molecule has 1 aromatic heterocycles. The standard InChI is InChI=1S/C11H9NO/c1-8-7-9-3-2-6-12-10(9)4-5-11(8)13/h2-7H,1H3. The summed E-state index contributed by atoms with van der Waals surface area (Å²) in [5.74, 6) is 0. The summed E-state index contributed by atoms with van der Waals surface area (Å²) in [7, 11) is 0. The van der Waals surface area contributed by atoms with Gasteiger partial charge in [-0.1, -0.05) is 6.07 Å². The molecule has 1 heterocycles. The molecule has 1 aromatic carbocycles. The van der Waals surface area contributed by atoms with Gasteiger partial charge in [-0.3, -0.25) is 9.78 Å². The lowest BCUT2D eigenvalue weighted by Gasteiger charge is -1.88. The molecule has 0 aliphatic carbocycles. The Kier molecular flexibility index (Phi) is 1.81. The quantitative estimate of drug-likeness (QED) is 0.606. The highest BCUT2D eigenvalue weighted by Gasteiger charge is 1.93. The SMILES string of the molecule is Cc1cc2cccnc2ccc1=O. The number of pyridine rings is 1. The van der Waals surface area contributed by atoms with Gasteiger partial charge in [-0.05, 0) is 36.8 Å². The van der Waals surface area contributed by atoms with Gasteiger partial charge in [0, 0.05) is 11.6 Å². The molecule has 0 saturated carbocycles. The molecule has 2 nitrogen and oxygen atoms in total. The van der Waals surface area contributed by atoms with Crippen molar-refractivity contribution < 1.29 is 0 Å². The van der Waals surface area contributed by atoms with Crippen LogP contribution in [0.3, 0.4) is 0 Å². The molecule has 0 saturated heterocycles. The third-order valence-corrected chi connectivity index (χ3v) is 2.02. The van der Waals surface area contributed by atoms with Gasteiger partial charge in [-0.15, -0.1) is 0 Å². The van der Waals surface area contributed by atoms with Crippen molar-refractivity contribution in [2.75, 3.05) is 0 Å². The molecule has 2 aromatic rings. The molecule has 64 valence electrons. The third-order valence-electron chi connectivity index (χ3n) is 2.02. The fraction of sp³-hybridized carbons (Fsp3) is 0.0909. The summed E-state index contributed by atoms with van der Waals surface area (Å²) in [4.78, 5) is 15.5. The maximum absolute atomic E-state index is 11.3. The van der Waals surface area contributed by atoms with E-state index >= 15 is 0 Å². The number of aryl methyl sites for hydroxylation is 1. The molecule has 0 fully saturated rings. The van der Waals surface area contributed by atoms with E-state index in [2.05, 4.69) is 4.98 Å². The van der Waals surface area contributed by atoms with Gasteiger partial charge < -0.3 is 0 Å². The average molecular weight is 171 g/mol. The van der Waals surface area contributed by atoms with Crippen LogP contribution in [-0.2, 0) is 0 Å². The normalized spacial score (nSPS) is 10.2. The van der Waals surface area contributed by atoms with Gasteiger partial charge in [0.15, 0.2) is 5.43 Å². The minimum Gasteiger partial charge on any atom is -0.290 e. The van der Waals surface area contributed by atoms with Crippen molar-refractivity contribution in [3.63, 3.8) is 0 Å². The molecule has 0 bridgehead atoms. The molecule has 0 aliphatic rings. The Bertz CT molecular complexity index is 505. The van der Waals surface area contributed by atoms with E-state index < -0.39 is 0 Å². The molecule has 0 radical (unpaired) electrons. The number of fused-ring (bicyclic) bond motifs is 1. The number of nitrogens with zero attached hydrogens (tertiary/aromatic N) is 1. The molecule has 0 spiro atoms. The van der Waals surface area contributed by atoms with E-state index in [9.17, 15) is 4.79 Å². The third kappa shape index (κ3) is 1.43. The molecule has 0 amide bonds. The largest absolute Gasteiger partial charge is 0.290 e. The summed E-state index contributed by atoms with van der Waals surface area (Å²) in [5, 5.41) is 1.00. The Labute approximate surface area is 75.9 Å². The Balaban J connectivity index is 2.97. The van der Waals surface area contributed by atoms with E-state index in [1.54, 1.807) is 18.3 Å². The zero-order valence-corrected chi connectivity index (χ0v) is 7.32.